The van der Waals surface area contributed by atoms with Crippen LogP contribution in [-0.2, 0) is 0 Å². The van der Waals surface area contributed by atoms with E-state index in [9.17, 15) is 0 Å². The molecule has 0 aliphatic heterocycles. The van der Waals surface area contributed by atoms with Gasteiger partial charge in [0, 0.05) is 5.03 Å². The fourth-order valence-electron chi connectivity index (χ4n) is 0.364. The average molecular weight is 143 g/mol. The van der Waals surface area contributed by atoms with Crippen molar-refractivity contribution in [2.45, 2.75) is 13.3 Å². The van der Waals surface area contributed by atoms with E-state index in [-0.39, 0.29) is 0 Å². The molecule has 0 aromatic rings. The van der Waals surface area contributed by atoms with Gasteiger partial charge in [-0.3, -0.25) is 0 Å². The number of hydrogen-bond donors (Lipinski definition) is 0. The van der Waals surface area contributed by atoms with Gasteiger partial charge in [-0.25, -0.2) is 0 Å². The molecule has 0 fully saturated rings. The maximum Gasteiger partial charge on any atom is 0.0399 e. The second-order valence-electron chi connectivity index (χ2n) is 1.59. The van der Waals surface area contributed by atoms with E-state index in [0.717, 1.165) is 6.42 Å². The van der Waals surface area contributed by atoms with E-state index in [4.69, 9.17) is 11.6 Å². The fourth-order valence-corrected chi connectivity index (χ4v) is 0.437. The second-order valence-corrected chi connectivity index (χ2v) is 2.03. The minimum Gasteiger partial charge on any atom is -0.0976 e. The molecule has 50 valence electrons. The van der Waals surface area contributed by atoms with Gasteiger partial charge in [-0.15, -0.1) is 0 Å². The van der Waals surface area contributed by atoms with E-state index in [2.05, 4.69) is 13.5 Å². The van der Waals surface area contributed by atoms with Crippen LogP contribution in [0, 0.1) is 0 Å². The molecule has 0 N–H and O–H groups in total. The topological polar surface area (TPSA) is 0 Å². The van der Waals surface area contributed by atoms with Crippen molar-refractivity contribution < 1.29 is 0 Å². The lowest BCUT2D eigenvalue weighted by Crippen LogP contribution is -1.57. The van der Waals surface area contributed by atoms with Crippen molar-refractivity contribution in [3.63, 3.8) is 0 Å². The van der Waals surface area contributed by atoms with Gasteiger partial charge in [0.15, 0.2) is 0 Å². The Bertz CT molecular complexity index is 132. The molecule has 0 atom stereocenters. The van der Waals surface area contributed by atoms with Crippen LogP contribution in [0.25, 0.3) is 0 Å². The van der Waals surface area contributed by atoms with Gasteiger partial charge < -0.3 is 0 Å². The van der Waals surface area contributed by atoms with E-state index >= 15 is 0 Å². The predicted molar refractivity (Wildman–Crippen MR) is 43.6 cm³/mol. The van der Waals surface area contributed by atoms with Crippen LogP contribution < -0.4 is 0 Å². The molecule has 0 bridgehead atoms. The Morgan fingerprint density at radius 1 is 1.67 bits per heavy atom. The molecule has 0 nitrogen and oxygen atoms in total. The van der Waals surface area contributed by atoms with Gasteiger partial charge in [0.25, 0.3) is 0 Å². The van der Waals surface area contributed by atoms with Gasteiger partial charge in [0.05, 0.1) is 0 Å². The van der Waals surface area contributed by atoms with E-state index < -0.39 is 0 Å². The van der Waals surface area contributed by atoms with Gasteiger partial charge in [-0.1, -0.05) is 43.3 Å². The molecule has 0 radical (unpaired) electrons. The Kier molecular flexibility index (Phi) is 5.34. The summed E-state index contributed by atoms with van der Waals surface area (Å²) in [5.41, 5.74) is 0. The summed E-state index contributed by atoms with van der Waals surface area (Å²) in [5.74, 6) is 0. The molecule has 0 amide bonds. The SMILES string of the molecule is C=C/C(Cl)=C\C=C/CC. The molecule has 0 spiro atoms. The first kappa shape index (κ1) is 8.51. The van der Waals surface area contributed by atoms with Crippen molar-refractivity contribution in [2.75, 3.05) is 0 Å². The number of rotatable bonds is 3. The van der Waals surface area contributed by atoms with Gasteiger partial charge in [0.2, 0.25) is 0 Å². The number of allylic oxidation sites excluding steroid dienone is 5. The van der Waals surface area contributed by atoms with E-state index in [1.165, 1.54) is 0 Å². The molecule has 0 aromatic heterocycles. The molecule has 1 heteroatoms. The lowest BCUT2D eigenvalue weighted by Gasteiger charge is -1.80. The van der Waals surface area contributed by atoms with Crippen LogP contribution in [0.2, 0.25) is 0 Å². The van der Waals surface area contributed by atoms with Gasteiger partial charge in [-0.05, 0) is 12.5 Å². The Morgan fingerprint density at radius 3 is 2.78 bits per heavy atom. The zero-order valence-corrected chi connectivity index (χ0v) is 6.36. The minimum atomic E-state index is 0.680. The molecular formula is C8H11Cl. The summed E-state index contributed by atoms with van der Waals surface area (Å²) in [6.45, 7) is 5.58. The van der Waals surface area contributed by atoms with E-state index in [0.29, 0.717) is 5.03 Å². The molecule has 0 rings (SSSR count). The molecule has 0 saturated carbocycles. The highest BCUT2D eigenvalue weighted by atomic mass is 35.5. The average Bonchev–Trinajstić information content (AvgIpc) is 1.89. The monoisotopic (exact) mass is 142 g/mol. The third-order valence-corrected chi connectivity index (χ3v) is 1.10. The Balaban J connectivity index is 3.68. The van der Waals surface area contributed by atoms with Crippen molar-refractivity contribution in [3.8, 4) is 0 Å². The summed E-state index contributed by atoms with van der Waals surface area (Å²) < 4.78 is 0. The van der Waals surface area contributed by atoms with Crippen molar-refractivity contribution in [3.05, 3.63) is 35.9 Å². The largest absolute Gasteiger partial charge is 0.0976 e. The Morgan fingerprint density at radius 2 is 2.33 bits per heavy atom. The fraction of sp³-hybridized carbons (Fsp3) is 0.250. The highest BCUT2D eigenvalue weighted by molar-refractivity contribution is 6.31. The third-order valence-electron chi connectivity index (χ3n) is 0.822. The van der Waals surface area contributed by atoms with Gasteiger partial charge in [-0.2, -0.15) is 0 Å². The van der Waals surface area contributed by atoms with Crippen molar-refractivity contribution in [2.24, 2.45) is 0 Å². The smallest absolute Gasteiger partial charge is 0.0399 e. The molecule has 0 saturated heterocycles. The van der Waals surface area contributed by atoms with Crippen LogP contribution in [0.15, 0.2) is 35.9 Å². The Hall–Kier alpha value is -0.490. The van der Waals surface area contributed by atoms with E-state index in [1.807, 2.05) is 18.2 Å². The van der Waals surface area contributed by atoms with Crippen LogP contribution in [0.5, 0.6) is 0 Å². The van der Waals surface area contributed by atoms with Gasteiger partial charge in [0.1, 0.15) is 0 Å². The summed E-state index contributed by atoms with van der Waals surface area (Å²) in [4.78, 5) is 0. The first-order valence-corrected chi connectivity index (χ1v) is 3.33. The van der Waals surface area contributed by atoms with Crippen LogP contribution in [-0.4, -0.2) is 0 Å². The van der Waals surface area contributed by atoms with Crippen LogP contribution in [0.3, 0.4) is 0 Å². The maximum atomic E-state index is 5.59. The zero-order valence-electron chi connectivity index (χ0n) is 5.60. The first-order chi connectivity index (χ1) is 4.31. The van der Waals surface area contributed by atoms with Gasteiger partial charge >= 0.3 is 0 Å². The lowest BCUT2D eigenvalue weighted by atomic mass is 10.4. The summed E-state index contributed by atoms with van der Waals surface area (Å²) in [7, 11) is 0. The lowest BCUT2D eigenvalue weighted by molar-refractivity contribution is 1.22. The second kappa shape index (κ2) is 5.64. The molecule has 0 aliphatic rings. The molecule has 0 heterocycles. The van der Waals surface area contributed by atoms with Crippen molar-refractivity contribution in [1.82, 2.24) is 0 Å². The first-order valence-electron chi connectivity index (χ1n) is 2.96. The molecule has 0 unspecified atom stereocenters. The maximum absolute atomic E-state index is 5.59. The summed E-state index contributed by atoms with van der Waals surface area (Å²) in [5, 5.41) is 0.680. The molecule has 0 aliphatic carbocycles. The summed E-state index contributed by atoms with van der Waals surface area (Å²) in [6.07, 6.45) is 8.42. The molecule has 9 heavy (non-hydrogen) atoms. The summed E-state index contributed by atoms with van der Waals surface area (Å²) >= 11 is 5.59. The normalized spacial score (nSPS) is 12.4. The zero-order chi connectivity index (χ0) is 7.11. The molecular weight excluding hydrogens is 132 g/mol. The highest BCUT2D eigenvalue weighted by Crippen LogP contribution is 2.00. The number of hydrogen-bond acceptors (Lipinski definition) is 0. The highest BCUT2D eigenvalue weighted by Gasteiger charge is 1.74. The number of halogens is 1. The van der Waals surface area contributed by atoms with E-state index in [1.54, 1.807) is 6.08 Å². The van der Waals surface area contributed by atoms with Crippen molar-refractivity contribution >= 4 is 11.6 Å². The summed E-state index contributed by atoms with van der Waals surface area (Å²) in [6, 6.07) is 0. The minimum absolute atomic E-state index is 0.680. The van der Waals surface area contributed by atoms with Crippen LogP contribution in [0.4, 0.5) is 0 Å². The van der Waals surface area contributed by atoms with Crippen LogP contribution in [0.1, 0.15) is 13.3 Å². The van der Waals surface area contributed by atoms with Crippen LogP contribution >= 0.6 is 11.6 Å². The standard InChI is InChI=1S/C8H11Cl/c1-3-5-6-7-8(9)4-2/h4-7H,2-3H2,1H3/b6-5-,8-7+. The quantitative estimate of drug-likeness (QED) is 0.531. The third kappa shape index (κ3) is 5.38. The Labute approximate surface area is 61.5 Å². The predicted octanol–water partition coefficient (Wildman–Crippen LogP) is 3.26. The van der Waals surface area contributed by atoms with Crippen molar-refractivity contribution in [1.29, 1.82) is 0 Å². The molecule has 0 aromatic carbocycles.